The fourth-order valence-electron chi connectivity index (χ4n) is 3.22. The van der Waals surface area contributed by atoms with E-state index in [1.165, 1.54) is 4.90 Å². The van der Waals surface area contributed by atoms with Gasteiger partial charge in [-0.25, -0.2) is 0 Å². The number of quaternary nitrogens is 1. The van der Waals surface area contributed by atoms with Gasteiger partial charge in [0.15, 0.2) is 6.04 Å². The molecule has 1 amide bonds. The van der Waals surface area contributed by atoms with Crippen molar-refractivity contribution >= 4 is 11.6 Å². The van der Waals surface area contributed by atoms with E-state index in [1.807, 2.05) is 56.3 Å². The van der Waals surface area contributed by atoms with Gasteiger partial charge in [-0.2, -0.15) is 0 Å². The number of hydrogen-bond donors (Lipinski definition) is 2. The van der Waals surface area contributed by atoms with Crippen LogP contribution in [0.3, 0.4) is 0 Å². The largest absolute Gasteiger partial charge is 0.370 e. The van der Waals surface area contributed by atoms with Crippen LogP contribution in [0.4, 0.5) is 5.69 Å². The van der Waals surface area contributed by atoms with E-state index in [-0.39, 0.29) is 11.9 Å². The molecule has 1 fully saturated rings. The Morgan fingerprint density at radius 3 is 2.50 bits per heavy atom. The summed E-state index contributed by atoms with van der Waals surface area (Å²) in [6.45, 7) is 7.16. The molecule has 3 rings (SSSR count). The highest BCUT2D eigenvalue weighted by atomic mass is 16.5. The van der Waals surface area contributed by atoms with Gasteiger partial charge in [0, 0.05) is 11.3 Å². The van der Waals surface area contributed by atoms with Gasteiger partial charge in [0.25, 0.3) is 5.91 Å². The van der Waals surface area contributed by atoms with Gasteiger partial charge in [-0.15, -0.1) is 0 Å². The Bertz CT molecular complexity index is 694. The third-order valence-electron chi connectivity index (χ3n) is 4.59. The van der Waals surface area contributed by atoms with Crippen LogP contribution in [0.2, 0.25) is 0 Å². The predicted molar refractivity (Wildman–Crippen MR) is 95.2 cm³/mol. The van der Waals surface area contributed by atoms with Gasteiger partial charge in [0.05, 0.1) is 13.2 Å². The summed E-state index contributed by atoms with van der Waals surface area (Å²) in [4.78, 5) is 14.4. The quantitative estimate of drug-likeness (QED) is 0.902. The van der Waals surface area contributed by atoms with E-state index in [9.17, 15) is 4.79 Å². The van der Waals surface area contributed by atoms with Crippen molar-refractivity contribution in [1.29, 1.82) is 0 Å². The van der Waals surface area contributed by atoms with Crippen molar-refractivity contribution in [1.82, 2.24) is 0 Å². The highest BCUT2D eigenvalue weighted by molar-refractivity contribution is 5.95. The number of ether oxygens (including phenoxy) is 1. The number of carbonyl (C=O) groups is 1. The number of anilines is 1. The Labute approximate surface area is 143 Å². The maximum absolute atomic E-state index is 13.1. The van der Waals surface area contributed by atoms with E-state index in [0.717, 1.165) is 35.5 Å². The topological polar surface area (TPSA) is 42.8 Å². The van der Waals surface area contributed by atoms with Gasteiger partial charge >= 0.3 is 0 Å². The van der Waals surface area contributed by atoms with Gasteiger partial charge in [-0.05, 0) is 31.0 Å². The molecule has 2 aromatic carbocycles. The first-order valence-corrected chi connectivity index (χ1v) is 8.50. The van der Waals surface area contributed by atoms with Gasteiger partial charge in [-0.3, -0.25) is 4.79 Å². The highest BCUT2D eigenvalue weighted by Gasteiger charge is 2.33. The smallest absolute Gasteiger partial charge is 0.287 e. The number of aryl methyl sites for hydroxylation is 2. The molecule has 1 atom stereocenters. The summed E-state index contributed by atoms with van der Waals surface area (Å²) in [5.41, 5.74) is 4.18. The minimum Gasteiger partial charge on any atom is -0.370 e. The lowest BCUT2D eigenvalue weighted by Crippen LogP contribution is -3.15. The number of benzene rings is 2. The molecule has 1 aliphatic heterocycles. The molecule has 2 N–H and O–H groups in total. The zero-order valence-corrected chi connectivity index (χ0v) is 14.3. The van der Waals surface area contributed by atoms with Crippen LogP contribution in [0, 0.1) is 13.8 Å². The third kappa shape index (κ3) is 3.83. The number of nitrogens with one attached hydrogen (secondary N) is 2. The van der Waals surface area contributed by atoms with Crippen molar-refractivity contribution in [2.75, 3.05) is 31.6 Å². The number of morpholine rings is 1. The Morgan fingerprint density at radius 1 is 1.08 bits per heavy atom. The van der Waals surface area contributed by atoms with E-state index >= 15 is 0 Å². The van der Waals surface area contributed by atoms with Crippen molar-refractivity contribution in [3.8, 4) is 0 Å². The summed E-state index contributed by atoms with van der Waals surface area (Å²) in [7, 11) is 0. The fraction of sp³-hybridized carbons (Fsp3) is 0.350. The van der Waals surface area contributed by atoms with Gasteiger partial charge in [-0.1, -0.05) is 42.5 Å². The standard InChI is InChI=1S/C20H24N2O2/c1-15-8-9-16(2)18(14-15)21-20(23)19(17-6-4-3-5-7-17)22-10-12-24-13-11-22/h3-9,14,19H,10-13H2,1-2H3,(H,21,23)/p+1/t19-/m0/s1. The lowest BCUT2D eigenvalue weighted by molar-refractivity contribution is -0.929. The summed E-state index contributed by atoms with van der Waals surface area (Å²) >= 11 is 0. The summed E-state index contributed by atoms with van der Waals surface area (Å²) < 4.78 is 5.47. The summed E-state index contributed by atoms with van der Waals surface area (Å²) in [5.74, 6) is 0.0480. The average molecular weight is 325 g/mol. The molecule has 4 heteroatoms. The lowest BCUT2D eigenvalue weighted by atomic mass is 10.0. The third-order valence-corrected chi connectivity index (χ3v) is 4.59. The molecule has 2 aromatic rings. The first kappa shape index (κ1) is 16.7. The maximum atomic E-state index is 13.1. The molecule has 0 aromatic heterocycles. The summed E-state index contributed by atoms with van der Waals surface area (Å²) in [5, 5.41) is 3.15. The van der Waals surface area contributed by atoms with Crippen molar-refractivity contribution in [3.05, 3.63) is 65.2 Å². The van der Waals surface area contributed by atoms with Gasteiger partial charge in [0.1, 0.15) is 13.1 Å². The second-order valence-corrected chi connectivity index (χ2v) is 6.42. The van der Waals surface area contributed by atoms with Crippen LogP contribution in [0.25, 0.3) is 0 Å². The second-order valence-electron chi connectivity index (χ2n) is 6.42. The monoisotopic (exact) mass is 325 g/mol. The molecular formula is C20H25N2O2+. The Morgan fingerprint density at radius 2 is 1.79 bits per heavy atom. The van der Waals surface area contributed by atoms with Crippen LogP contribution in [0.1, 0.15) is 22.7 Å². The fourth-order valence-corrected chi connectivity index (χ4v) is 3.22. The van der Waals surface area contributed by atoms with Gasteiger partial charge < -0.3 is 15.0 Å². The van der Waals surface area contributed by atoms with Crippen LogP contribution < -0.4 is 10.2 Å². The normalized spacial score (nSPS) is 16.6. The van der Waals surface area contributed by atoms with Crippen LogP contribution in [-0.2, 0) is 9.53 Å². The van der Waals surface area contributed by atoms with Crippen LogP contribution in [-0.4, -0.2) is 32.2 Å². The van der Waals surface area contributed by atoms with Crippen molar-refractivity contribution in [3.63, 3.8) is 0 Å². The van der Waals surface area contributed by atoms with E-state index in [4.69, 9.17) is 4.74 Å². The maximum Gasteiger partial charge on any atom is 0.287 e. The summed E-state index contributed by atoms with van der Waals surface area (Å²) in [6.07, 6.45) is 0. The highest BCUT2D eigenvalue weighted by Crippen LogP contribution is 2.19. The first-order valence-electron chi connectivity index (χ1n) is 8.50. The van der Waals surface area contributed by atoms with E-state index < -0.39 is 0 Å². The van der Waals surface area contributed by atoms with Gasteiger partial charge in [0.2, 0.25) is 0 Å². The Kier molecular flexibility index (Phi) is 5.28. The molecule has 4 nitrogen and oxygen atoms in total. The SMILES string of the molecule is Cc1ccc(C)c(NC(=O)[C@H](c2ccccc2)[NH+]2CCOCC2)c1. The minimum absolute atomic E-state index is 0.0480. The van der Waals surface area contributed by atoms with Crippen LogP contribution >= 0.6 is 0 Å². The molecule has 1 saturated heterocycles. The molecular weight excluding hydrogens is 300 g/mol. The first-order chi connectivity index (χ1) is 11.6. The van der Waals surface area contributed by atoms with Crippen molar-refractivity contribution in [2.45, 2.75) is 19.9 Å². The average Bonchev–Trinajstić information content (AvgIpc) is 2.60. The lowest BCUT2D eigenvalue weighted by Gasteiger charge is -2.31. The molecule has 1 aliphatic rings. The Hall–Kier alpha value is -2.17. The van der Waals surface area contributed by atoms with E-state index in [0.29, 0.717) is 13.2 Å². The molecule has 0 bridgehead atoms. The number of carbonyl (C=O) groups excluding carboxylic acids is 1. The number of amides is 1. The Balaban J connectivity index is 1.87. The number of rotatable bonds is 4. The molecule has 1 heterocycles. The molecule has 0 aliphatic carbocycles. The van der Waals surface area contributed by atoms with Crippen molar-refractivity contribution in [2.24, 2.45) is 0 Å². The molecule has 0 spiro atoms. The number of hydrogen-bond acceptors (Lipinski definition) is 2. The minimum atomic E-state index is -0.213. The van der Waals surface area contributed by atoms with Crippen LogP contribution in [0.5, 0.6) is 0 Å². The molecule has 24 heavy (non-hydrogen) atoms. The summed E-state index contributed by atoms with van der Waals surface area (Å²) in [6, 6.07) is 16.0. The molecule has 0 saturated carbocycles. The second kappa shape index (κ2) is 7.60. The zero-order valence-electron chi connectivity index (χ0n) is 14.3. The predicted octanol–water partition coefficient (Wildman–Crippen LogP) is 1.90. The van der Waals surface area contributed by atoms with E-state index in [1.54, 1.807) is 0 Å². The zero-order chi connectivity index (χ0) is 16.9. The van der Waals surface area contributed by atoms with Crippen molar-refractivity contribution < 1.29 is 14.4 Å². The van der Waals surface area contributed by atoms with E-state index in [2.05, 4.69) is 11.4 Å². The molecule has 0 unspecified atom stereocenters. The molecule has 126 valence electrons. The van der Waals surface area contributed by atoms with Crippen LogP contribution in [0.15, 0.2) is 48.5 Å². The molecule has 0 radical (unpaired) electrons.